The number of hydrogen-bond donors (Lipinski definition) is 1. The first-order valence-corrected chi connectivity index (χ1v) is 5.18. The first-order valence-electron chi connectivity index (χ1n) is 5.18. The Morgan fingerprint density at radius 1 is 1.27 bits per heavy atom. The van der Waals surface area contributed by atoms with Gasteiger partial charge in [0, 0.05) is 29.3 Å². The minimum absolute atomic E-state index is 0.109. The highest BCUT2D eigenvalue weighted by Crippen LogP contribution is 2.44. The molecular formula is C13H16FN. The van der Waals surface area contributed by atoms with E-state index in [9.17, 15) is 4.39 Å². The Bertz CT molecular complexity index is 444. The third kappa shape index (κ3) is 1.36. The van der Waals surface area contributed by atoms with Crippen molar-refractivity contribution in [1.29, 1.82) is 0 Å². The molecule has 1 N–H and O–H groups in total. The predicted molar refractivity (Wildman–Crippen MR) is 62.6 cm³/mol. The quantitative estimate of drug-likeness (QED) is 0.739. The topological polar surface area (TPSA) is 12.0 Å². The smallest absolute Gasteiger partial charge is 0.128 e. The fourth-order valence-electron chi connectivity index (χ4n) is 2.51. The highest BCUT2D eigenvalue weighted by Gasteiger charge is 2.32. The zero-order valence-corrected chi connectivity index (χ0v) is 9.61. The Morgan fingerprint density at radius 3 is 2.53 bits per heavy atom. The van der Waals surface area contributed by atoms with Crippen molar-refractivity contribution < 1.29 is 4.39 Å². The van der Waals surface area contributed by atoms with E-state index in [1.54, 1.807) is 12.1 Å². The molecule has 0 fully saturated rings. The van der Waals surface area contributed by atoms with Crippen molar-refractivity contribution in [2.24, 2.45) is 0 Å². The lowest BCUT2D eigenvalue weighted by Gasteiger charge is -2.19. The molecule has 2 heteroatoms. The Labute approximate surface area is 90.0 Å². The first-order chi connectivity index (χ1) is 6.97. The Hall–Kier alpha value is -1.31. The Balaban J connectivity index is 2.77. The second-order valence-corrected chi connectivity index (χ2v) is 4.64. The predicted octanol–water partition coefficient (Wildman–Crippen LogP) is 3.56. The molecule has 2 rings (SSSR count). The number of anilines is 1. The van der Waals surface area contributed by atoms with Crippen LogP contribution in [-0.2, 0) is 5.41 Å². The van der Waals surface area contributed by atoms with E-state index >= 15 is 0 Å². The molecule has 1 aliphatic rings. The molecule has 0 saturated heterocycles. The molecule has 0 heterocycles. The third-order valence-corrected chi connectivity index (χ3v) is 3.04. The number of allylic oxidation sites excluding steroid dienone is 2. The van der Waals surface area contributed by atoms with Crippen LogP contribution in [0.3, 0.4) is 0 Å². The van der Waals surface area contributed by atoms with Gasteiger partial charge in [0.1, 0.15) is 5.82 Å². The summed E-state index contributed by atoms with van der Waals surface area (Å²) in [5, 5.41) is 3.12. The summed E-state index contributed by atoms with van der Waals surface area (Å²) in [6.07, 6.45) is 2.13. The second-order valence-electron chi connectivity index (χ2n) is 4.64. The molecule has 80 valence electrons. The van der Waals surface area contributed by atoms with Gasteiger partial charge in [-0.25, -0.2) is 4.39 Å². The van der Waals surface area contributed by atoms with Gasteiger partial charge in [0.15, 0.2) is 0 Å². The van der Waals surface area contributed by atoms with E-state index in [2.05, 4.69) is 11.4 Å². The molecule has 1 aromatic rings. The van der Waals surface area contributed by atoms with E-state index in [4.69, 9.17) is 0 Å². The van der Waals surface area contributed by atoms with Gasteiger partial charge in [-0.1, -0.05) is 19.9 Å². The molecule has 1 aliphatic carbocycles. The van der Waals surface area contributed by atoms with E-state index in [0.29, 0.717) is 0 Å². The van der Waals surface area contributed by atoms with Crippen LogP contribution in [-0.4, -0.2) is 7.05 Å². The van der Waals surface area contributed by atoms with Gasteiger partial charge in [0.25, 0.3) is 0 Å². The Morgan fingerprint density at radius 2 is 1.93 bits per heavy atom. The van der Waals surface area contributed by atoms with Crippen LogP contribution in [0.2, 0.25) is 0 Å². The highest BCUT2D eigenvalue weighted by molar-refractivity contribution is 5.83. The van der Waals surface area contributed by atoms with E-state index < -0.39 is 0 Å². The van der Waals surface area contributed by atoms with Crippen molar-refractivity contribution in [1.82, 2.24) is 0 Å². The van der Waals surface area contributed by atoms with Crippen molar-refractivity contribution in [3.8, 4) is 0 Å². The Kier molecular flexibility index (Phi) is 2.10. The van der Waals surface area contributed by atoms with Crippen LogP contribution in [0.1, 0.15) is 31.9 Å². The highest BCUT2D eigenvalue weighted by atomic mass is 19.1. The summed E-state index contributed by atoms with van der Waals surface area (Å²) in [5.41, 5.74) is 3.80. The molecule has 0 radical (unpaired) electrons. The molecule has 0 atom stereocenters. The van der Waals surface area contributed by atoms with Crippen molar-refractivity contribution in [2.75, 3.05) is 12.4 Å². The van der Waals surface area contributed by atoms with Crippen LogP contribution in [0.25, 0.3) is 5.57 Å². The van der Waals surface area contributed by atoms with Crippen LogP contribution in [0.4, 0.5) is 10.1 Å². The van der Waals surface area contributed by atoms with Crippen LogP contribution >= 0.6 is 0 Å². The maximum Gasteiger partial charge on any atom is 0.128 e. The molecule has 15 heavy (non-hydrogen) atoms. The summed E-state index contributed by atoms with van der Waals surface area (Å²) in [6, 6.07) is 3.34. The van der Waals surface area contributed by atoms with E-state index in [0.717, 1.165) is 22.4 Å². The lowest BCUT2D eigenvalue weighted by molar-refractivity contribution is 0.564. The fourth-order valence-corrected chi connectivity index (χ4v) is 2.51. The number of benzene rings is 1. The maximum absolute atomic E-state index is 13.8. The molecule has 0 unspecified atom stereocenters. The van der Waals surface area contributed by atoms with Gasteiger partial charge < -0.3 is 5.32 Å². The van der Waals surface area contributed by atoms with Crippen LogP contribution < -0.4 is 5.32 Å². The third-order valence-electron chi connectivity index (χ3n) is 3.04. The lowest BCUT2D eigenvalue weighted by atomic mass is 9.86. The molecule has 0 aromatic heterocycles. The average molecular weight is 205 g/mol. The van der Waals surface area contributed by atoms with Crippen molar-refractivity contribution >= 4 is 11.3 Å². The minimum Gasteiger partial charge on any atom is -0.388 e. The SMILES string of the molecule is CNc1ccc(F)c2c1C(C)=CC2(C)C. The van der Waals surface area contributed by atoms with Gasteiger partial charge in [-0.15, -0.1) is 0 Å². The molecule has 0 saturated carbocycles. The van der Waals surface area contributed by atoms with Crippen molar-refractivity contribution in [3.05, 3.63) is 35.2 Å². The van der Waals surface area contributed by atoms with Gasteiger partial charge in [-0.05, 0) is 24.6 Å². The normalized spacial score (nSPS) is 17.3. The molecule has 0 spiro atoms. The fraction of sp³-hybridized carbons (Fsp3) is 0.385. The number of halogens is 1. The van der Waals surface area contributed by atoms with Crippen LogP contribution in [0.15, 0.2) is 18.2 Å². The van der Waals surface area contributed by atoms with Crippen molar-refractivity contribution in [2.45, 2.75) is 26.2 Å². The summed E-state index contributed by atoms with van der Waals surface area (Å²) in [7, 11) is 1.87. The van der Waals surface area contributed by atoms with Crippen LogP contribution in [0.5, 0.6) is 0 Å². The summed E-state index contributed by atoms with van der Waals surface area (Å²) >= 11 is 0. The molecular weight excluding hydrogens is 189 g/mol. The monoisotopic (exact) mass is 205 g/mol. The summed E-state index contributed by atoms with van der Waals surface area (Å²) < 4.78 is 13.8. The molecule has 0 aliphatic heterocycles. The van der Waals surface area contributed by atoms with Gasteiger partial charge in [0.05, 0.1) is 0 Å². The summed E-state index contributed by atoms with van der Waals surface area (Å²) in [5.74, 6) is -0.109. The van der Waals surface area contributed by atoms with Gasteiger partial charge >= 0.3 is 0 Å². The molecule has 1 aromatic carbocycles. The lowest BCUT2D eigenvalue weighted by Crippen LogP contribution is -2.13. The van der Waals surface area contributed by atoms with Gasteiger partial charge in [-0.3, -0.25) is 0 Å². The summed E-state index contributed by atoms with van der Waals surface area (Å²) in [6.45, 7) is 6.13. The average Bonchev–Trinajstić information content (AvgIpc) is 2.39. The van der Waals surface area contributed by atoms with E-state index in [-0.39, 0.29) is 11.2 Å². The largest absolute Gasteiger partial charge is 0.388 e. The van der Waals surface area contributed by atoms with E-state index in [1.165, 1.54) is 0 Å². The zero-order chi connectivity index (χ0) is 11.2. The van der Waals surface area contributed by atoms with Crippen molar-refractivity contribution in [3.63, 3.8) is 0 Å². The minimum atomic E-state index is -0.198. The van der Waals surface area contributed by atoms with Gasteiger partial charge in [0.2, 0.25) is 0 Å². The van der Waals surface area contributed by atoms with Crippen LogP contribution in [0, 0.1) is 5.82 Å². The second kappa shape index (κ2) is 3.09. The number of hydrogen-bond acceptors (Lipinski definition) is 1. The zero-order valence-electron chi connectivity index (χ0n) is 9.61. The molecule has 0 amide bonds. The first kappa shape index (κ1) is 10.2. The number of fused-ring (bicyclic) bond motifs is 1. The van der Waals surface area contributed by atoms with Gasteiger partial charge in [-0.2, -0.15) is 0 Å². The molecule has 1 nitrogen and oxygen atoms in total. The number of nitrogens with one attached hydrogen (secondary N) is 1. The summed E-state index contributed by atoms with van der Waals surface area (Å²) in [4.78, 5) is 0. The van der Waals surface area contributed by atoms with E-state index in [1.807, 2.05) is 27.8 Å². The molecule has 0 bridgehead atoms. The number of rotatable bonds is 1. The standard InChI is InChI=1S/C13H16FN/c1-8-7-13(2,3)12-9(14)5-6-10(15-4)11(8)12/h5-7,15H,1-4H3. The maximum atomic E-state index is 13.8.